The Hall–Kier alpha value is -2.50. The van der Waals surface area contributed by atoms with Gasteiger partial charge in [0, 0.05) is 31.5 Å². The van der Waals surface area contributed by atoms with Crippen molar-refractivity contribution in [2.24, 2.45) is 7.05 Å². The number of benzene rings is 1. The van der Waals surface area contributed by atoms with E-state index >= 15 is 0 Å². The van der Waals surface area contributed by atoms with Crippen LogP contribution in [0.25, 0.3) is 10.9 Å². The van der Waals surface area contributed by atoms with Gasteiger partial charge in [0.15, 0.2) is 11.5 Å². The Labute approximate surface area is 122 Å². The van der Waals surface area contributed by atoms with Gasteiger partial charge >= 0.3 is 0 Å². The lowest BCUT2D eigenvalue weighted by Gasteiger charge is -2.08. The molecule has 1 aromatic carbocycles. The summed E-state index contributed by atoms with van der Waals surface area (Å²) in [5.41, 5.74) is 1.39. The van der Waals surface area contributed by atoms with Crippen LogP contribution in [0.2, 0.25) is 0 Å². The van der Waals surface area contributed by atoms with Crippen LogP contribution in [0.3, 0.4) is 0 Å². The number of fused-ring (bicyclic) bond motifs is 1. The number of methoxy groups -OCH3 is 2. The Morgan fingerprint density at radius 3 is 2.52 bits per heavy atom. The van der Waals surface area contributed by atoms with Crippen LogP contribution in [0.4, 0.5) is 0 Å². The van der Waals surface area contributed by atoms with Crippen LogP contribution in [0, 0.1) is 0 Å². The lowest BCUT2D eigenvalue weighted by Crippen LogP contribution is -2.26. The lowest BCUT2D eigenvalue weighted by atomic mass is 10.2. The second-order valence-corrected chi connectivity index (χ2v) is 4.57. The Bertz CT molecular complexity index is 676. The summed E-state index contributed by atoms with van der Waals surface area (Å²) in [7, 11) is 4.95. The number of ether oxygens (including phenoxy) is 2. The molecule has 0 atom stereocenters. The summed E-state index contributed by atoms with van der Waals surface area (Å²) in [6.45, 7) is 0.330. The molecular formula is C15H18N2O4. The topological polar surface area (TPSA) is 69.6 Å². The van der Waals surface area contributed by atoms with Gasteiger partial charge < -0.3 is 24.2 Å². The first-order chi connectivity index (χ1) is 10.1. The highest BCUT2D eigenvalue weighted by molar-refractivity contribution is 5.99. The minimum absolute atomic E-state index is 0.214. The third kappa shape index (κ3) is 2.84. The van der Waals surface area contributed by atoms with E-state index in [1.54, 1.807) is 24.9 Å². The average molecular weight is 290 g/mol. The molecular weight excluding hydrogens is 272 g/mol. The normalized spacial score (nSPS) is 10.4. The number of nitrogens with zero attached hydrogens (tertiary/aromatic N) is 1. The number of aldehydes is 1. The number of aryl methyl sites for hydroxylation is 1. The fourth-order valence-electron chi connectivity index (χ4n) is 2.22. The molecule has 6 heteroatoms. The number of hydrogen-bond acceptors (Lipinski definition) is 4. The van der Waals surface area contributed by atoms with E-state index < -0.39 is 0 Å². The van der Waals surface area contributed by atoms with Crippen molar-refractivity contribution >= 4 is 23.1 Å². The van der Waals surface area contributed by atoms with E-state index in [-0.39, 0.29) is 5.91 Å². The van der Waals surface area contributed by atoms with Gasteiger partial charge in [0.05, 0.1) is 19.7 Å². The first kappa shape index (κ1) is 14.9. The van der Waals surface area contributed by atoms with Gasteiger partial charge in [0.25, 0.3) is 5.91 Å². The molecule has 1 amide bonds. The minimum atomic E-state index is -0.214. The molecule has 112 valence electrons. The van der Waals surface area contributed by atoms with Crippen molar-refractivity contribution in [1.82, 2.24) is 9.88 Å². The lowest BCUT2D eigenvalue weighted by molar-refractivity contribution is -0.107. The van der Waals surface area contributed by atoms with Crippen LogP contribution < -0.4 is 14.8 Å². The number of carbonyl (C=O) groups is 2. The van der Waals surface area contributed by atoms with Crippen molar-refractivity contribution < 1.29 is 19.1 Å². The summed E-state index contributed by atoms with van der Waals surface area (Å²) in [5, 5.41) is 3.59. The molecule has 6 nitrogen and oxygen atoms in total. The molecule has 0 bridgehead atoms. The molecule has 2 rings (SSSR count). The molecule has 0 spiro atoms. The number of nitrogens with one attached hydrogen (secondary N) is 1. The molecule has 1 N–H and O–H groups in total. The SMILES string of the molecule is COc1cc2cc(C(=O)NCCC=O)n(C)c2cc1OC. The first-order valence-corrected chi connectivity index (χ1v) is 6.55. The number of aromatic nitrogens is 1. The van der Waals surface area contributed by atoms with Gasteiger partial charge in [-0.1, -0.05) is 0 Å². The predicted molar refractivity (Wildman–Crippen MR) is 79.0 cm³/mol. The van der Waals surface area contributed by atoms with E-state index in [4.69, 9.17) is 9.47 Å². The van der Waals surface area contributed by atoms with E-state index in [1.807, 2.05) is 19.2 Å². The Kier molecular flexibility index (Phi) is 4.47. The van der Waals surface area contributed by atoms with Gasteiger partial charge in [-0.05, 0) is 12.1 Å². The molecule has 2 aromatic rings. The molecule has 0 aliphatic rings. The second kappa shape index (κ2) is 6.30. The summed E-state index contributed by atoms with van der Waals surface area (Å²) in [5.74, 6) is 1.01. The van der Waals surface area contributed by atoms with Crippen LogP contribution in [-0.2, 0) is 11.8 Å². The molecule has 0 aliphatic heterocycles. The smallest absolute Gasteiger partial charge is 0.267 e. The number of rotatable bonds is 6. The fraction of sp³-hybridized carbons (Fsp3) is 0.333. The molecule has 0 saturated heterocycles. The van der Waals surface area contributed by atoms with Crippen molar-refractivity contribution in [3.8, 4) is 11.5 Å². The van der Waals surface area contributed by atoms with Crippen LogP contribution in [0.1, 0.15) is 16.9 Å². The predicted octanol–water partition coefficient (Wildman–Crippen LogP) is 1.51. The number of hydrogen-bond donors (Lipinski definition) is 1. The van der Waals surface area contributed by atoms with Crippen molar-refractivity contribution in [2.45, 2.75) is 6.42 Å². The molecule has 0 fully saturated rings. The van der Waals surface area contributed by atoms with Crippen molar-refractivity contribution in [3.63, 3.8) is 0 Å². The van der Waals surface area contributed by atoms with Crippen LogP contribution >= 0.6 is 0 Å². The monoisotopic (exact) mass is 290 g/mol. The standard InChI is InChI=1S/C15H18N2O4/c1-17-11-9-14(21-3)13(20-2)8-10(11)7-12(17)15(19)16-5-4-6-18/h6-9H,4-5H2,1-3H3,(H,16,19). The second-order valence-electron chi connectivity index (χ2n) is 4.57. The van der Waals surface area contributed by atoms with Gasteiger partial charge in [-0.25, -0.2) is 0 Å². The molecule has 1 aromatic heterocycles. The van der Waals surface area contributed by atoms with Gasteiger partial charge in [0.2, 0.25) is 0 Å². The Morgan fingerprint density at radius 1 is 1.24 bits per heavy atom. The van der Waals surface area contributed by atoms with Gasteiger partial charge in [0.1, 0.15) is 12.0 Å². The average Bonchev–Trinajstić information content (AvgIpc) is 2.82. The summed E-state index contributed by atoms with van der Waals surface area (Å²) in [6, 6.07) is 5.44. The summed E-state index contributed by atoms with van der Waals surface area (Å²) in [6.07, 6.45) is 1.08. The van der Waals surface area contributed by atoms with Crippen molar-refractivity contribution in [2.75, 3.05) is 20.8 Å². The third-order valence-corrected chi connectivity index (χ3v) is 3.33. The van der Waals surface area contributed by atoms with E-state index in [2.05, 4.69) is 5.32 Å². The van der Waals surface area contributed by atoms with Gasteiger partial charge in [-0.15, -0.1) is 0 Å². The molecule has 0 saturated carbocycles. The maximum absolute atomic E-state index is 12.1. The van der Waals surface area contributed by atoms with Gasteiger partial charge in [-0.3, -0.25) is 4.79 Å². The van der Waals surface area contributed by atoms with Crippen LogP contribution in [0.15, 0.2) is 18.2 Å². The Morgan fingerprint density at radius 2 is 1.90 bits per heavy atom. The minimum Gasteiger partial charge on any atom is -0.493 e. The maximum atomic E-state index is 12.1. The third-order valence-electron chi connectivity index (χ3n) is 3.33. The zero-order chi connectivity index (χ0) is 15.4. The van der Waals surface area contributed by atoms with E-state index in [9.17, 15) is 9.59 Å². The summed E-state index contributed by atoms with van der Waals surface area (Å²) in [4.78, 5) is 22.4. The van der Waals surface area contributed by atoms with Crippen molar-refractivity contribution in [3.05, 3.63) is 23.9 Å². The van der Waals surface area contributed by atoms with Crippen LogP contribution in [-0.4, -0.2) is 37.5 Å². The van der Waals surface area contributed by atoms with Gasteiger partial charge in [-0.2, -0.15) is 0 Å². The highest BCUT2D eigenvalue weighted by Gasteiger charge is 2.15. The zero-order valence-electron chi connectivity index (χ0n) is 12.3. The maximum Gasteiger partial charge on any atom is 0.267 e. The van der Waals surface area contributed by atoms with Crippen molar-refractivity contribution in [1.29, 1.82) is 0 Å². The number of amides is 1. The molecule has 0 unspecified atom stereocenters. The van der Waals surface area contributed by atoms with E-state index in [0.29, 0.717) is 30.2 Å². The van der Waals surface area contributed by atoms with E-state index in [0.717, 1.165) is 17.2 Å². The summed E-state index contributed by atoms with van der Waals surface area (Å²) >= 11 is 0. The highest BCUT2D eigenvalue weighted by atomic mass is 16.5. The molecule has 0 aliphatic carbocycles. The summed E-state index contributed by atoms with van der Waals surface area (Å²) < 4.78 is 12.3. The Balaban J connectivity index is 2.40. The largest absolute Gasteiger partial charge is 0.493 e. The molecule has 0 radical (unpaired) electrons. The van der Waals surface area contributed by atoms with Crippen LogP contribution in [0.5, 0.6) is 11.5 Å². The quantitative estimate of drug-likeness (QED) is 0.647. The molecule has 21 heavy (non-hydrogen) atoms. The fourth-order valence-corrected chi connectivity index (χ4v) is 2.22. The highest BCUT2D eigenvalue weighted by Crippen LogP contribution is 2.33. The molecule has 1 heterocycles. The first-order valence-electron chi connectivity index (χ1n) is 6.55. The van der Waals surface area contributed by atoms with E-state index in [1.165, 1.54) is 0 Å². The zero-order valence-corrected chi connectivity index (χ0v) is 12.3. The number of carbonyl (C=O) groups excluding carboxylic acids is 2.